The molecular formula is C12H27NSi. The molecule has 0 radical (unpaired) electrons. The zero-order valence-electron chi connectivity index (χ0n) is 10.9. The number of rotatable bonds is 2. The summed E-state index contributed by atoms with van der Waals surface area (Å²) in [5, 5.41) is 0. The zero-order chi connectivity index (χ0) is 11.1. The van der Waals surface area contributed by atoms with Crippen molar-refractivity contribution in [2.24, 2.45) is 23.7 Å². The first-order chi connectivity index (χ1) is 6.33. The summed E-state index contributed by atoms with van der Waals surface area (Å²) >= 11 is 0. The van der Waals surface area contributed by atoms with Gasteiger partial charge in [0.15, 0.2) is 0 Å². The highest BCUT2D eigenvalue weighted by molar-refractivity contribution is 6.76. The van der Waals surface area contributed by atoms with Gasteiger partial charge in [-0.2, -0.15) is 0 Å². The van der Waals surface area contributed by atoms with Crippen LogP contribution < -0.4 is 4.98 Å². The van der Waals surface area contributed by atoms with Gasteiger partial charge >= 0.3 is 0 Å². The summed E-state index contributed by atoms with van der Waals surface area (Å²) in [7, 11) is 0.948. The number of hydrogen-bond donors (Lipinski definition) is 1. The lowest BCUT2D eigenvalue weighted by Crippen LogP contribution is -2.49. The van der Waals surface area contributed by atoms with Gasteiger partial charge in [0.1, 0.15) is 8.24 Å². The van der Waals surface area contributed by atoms with Gasteiger partial charge in [-0.3, -0.25) is 0 Å². The number of hydrogen-bond acceptors (Lipinski definition) is 1. The Morgan fingerprint density at radius 2 is 1.14 bits per heavy atom. The lowest BCUT2D eigenvalue weighted by atomic mass is 9.92. The minimum absolute atomic E-state index is 0.897. The van der Waals surface area contributed by atoms with Gasteiger partial charge in [0, 0.05) is 0 Å². The fraction of sp³-hybridized carbons (Fsp3) is 1.00. The molecule has 0 aromatic heterocycles. The Hall–Kier alpha value is 0.177. The van der Waals surface area contributed by atoms with E-state index in [-0.39, 0.29) is 0 Å². The second-order valence-electron chi connectivity index (χ2n) is 5.93. The maximum Gasteiger partial charge on any atom is 0.122 e. The first kappa shape index (κ1) is 12.2. The van der Waals surface area contributed by atoms with Crippen LogP contribution in [0.3, 0.4) is 0 Å². The predicted octanol–water partition coefficient (Wildman–Crippen LogP) is 3.34. The maximum atomic E-state index is 3.62. The highest BCUT2D eigenvalue weighted by Crippen LogP contribution is 2.52. The minimum atomic E-state index is -1.20. The van der Waals surface area contributed by atoms with Gasteiger partial charge in [0.05, 0.1) is 0 Å². The molecule has 1 N–H and O–H groups in total. The standard InChI is InChI=1S/C12H27NSi/c1-8-9(2)11(4)12(10(8)3)14(6,7)13-5/h8-13H,1-7H3/t8-,9?,10?,11?,12?/m1/s1. The molecule has 0 spiro atoms. The molecule has 0 aromatic carbocycles. The summed E-state index contributed by atoms with van der Waals surface area (Å²) in [4.78, 5) is 3.62. The highest BCUT2D eigenvalue weighted by Gasteiger charge is 2.48. The highest BCUT2D eigenvalue weighted by atomic mass is 28.3. The van der Waals surface area contributed by atoms with Gasteiger partial charge in [-0.25, -0.2) is 0 Å². The van der Waals surface area contributed by atoms with Crippen molar-refractivity contribution in [1.82, 2.24) is 4.98 Å². The smallest absolute Gasteiger partial charge is 0.122 e. The molecule has 2 heteroatoms. The van der Waals surface area contributed by atoms with Crippen molar-refractivity contribution in [3.8, 4) is 0 Å². The molecule has 0 amide bonds. The molecule has 0 aromatic rings. The fourth-order valence-electron chi connectivity index (χ4n) is 3.57. The van der Waals surface area contributed by atoms with Crippen LogP contribution in [0, 0.1) is 23.7 Å². The molecule has 1 nitrogen and oxygen atoms in total. The maximum absolute atomic E-state index is 3.62. The summed E-state index contributed by atoms with van der Waals surface area (Å²) < 4.78 is 0. The van der Waals surface area contributed by atoms with Crippen molar-refractivity contribution >= 4 is 8.24 Å². The van der Waals surface area contributed by atoms with Gasteiger partial charge in [0.25, 0.3) is 0 Å². The predicted molar refractivity (Wildman–Crippen MR) is 66.9 cm³/mol. The van der Waals surface area contributed by atoms with E-state index in [1.54, 1.807) is 0 Å². The van der Waals surface area contributed by atoms with E-state index in [1.807, 2.05) is 0 Å². The van der Waals surface area contributed by atoms with Crippen LogP contribution in [0.4, 0.5) is 0 Å². The molecule has 84 valence electrons. The summed E-state index contributed by atoms with van der Waals surface area (Å²) in [6, 6.07) is 0. The third-order valence-electron chi connectivity index (χ3n) is 5.10. The Balaban J connectivity index is 2.89. The third-order valence-corrected chi connectivity index (χ3v) is 9.11. The van der Waals surface area contributed by atoms with Crippen LogP contribution in [0.1, 0.15) is 27.7 Å². The van der Waals surface area contributed by atoms with E-state index in [0.29, 0.717) is 0 Å². The van der Waals surface area contributed by atoms with Crippen molar-refractivity contribution in [3.63, 3.8) is 0 Å². The van der Waals surface area contributed by atoms with Crippen LogP contribution in [-0.4, -0.2) is 15.3 Å². The van der Waals surface area contributed by atoms with Crippen molar-refractivity contribution in [2.45, 2.75) is 46.3 Å². The second-order valence-corrected chi connectivity index (χ2v) is 10.5. The molecule has 0 bridgehead atoms. The van der Waals surface area contributed by atoms with Crippen LogP contribution in [0.15, 0.2) is 0 Å². The van der Waals surface area contributed by atoms with E-state index in [9.17, 15) is 0 Å². The SMILES string of the molecule is CN[Si](C)(C)C1C(C)C(C)[C@@H](C)C1C. The quantitative estimate of drug-likeness (QED) is 0.694. The molecule has 1 aliphatic carbocycles. The molecule has 0 saturated heterocycles. The Bertz CT molecular complexity index is 188. The van der Waals surface area contributed by atoms with Gasteiger partial charge < -0.3 is 4.98 Å². The van der Waals surface area contributed by atoms with Crippen LogP contribution in [0.5, 0.6) is 0 Å². The monoisotopic (exact) mass is 213 g/mol. The van der Waals surface area contributed by atoms with E-state index in [0.717, 1.165) is 29.2 Å². The topological polar surface area (TPSA) is 12.0 Å². The molecule has 1 aliphatic rings. The van der Waals surface area contributed by atoms with Gasteiger partial charge in [-0.1, -0.05) is 40.8 Å². The normalized spacial score (nSPS) is 44.4. The molecule has 1 rings (SSSR count). The number of nitrogens with one attached hydrogen (secondary N) is 1. The average molecular weight is 213 g/mol. The Morgan fingerprint density at radius 3 is 1.43 bits per heavy atom. The van der Waals surface area contributed by atoms with Crippen molar-refractivity contribution in [2.75, 3.05) is 7.05 Å². The van der Waals surface area contributed by atoms with E-state index >= 15 is 0 Å². The Labute approximate surface area is 90.8 Å². The lowest BCUT2D eigenvalue weighted by Gasteiger charge is -2.35. The van der Waals surface area contributed by atoms with E-state index < -0.39 is 8.24 Å². The molecule has 0 heterocycles. The summed E-state index contributed by atoms with van der Waals surface area (Å²) in [5.74, 6) is 3.59. The van der Waals surface area contributed by atoms with Crippen LogP contribution in [0.25, 0.3) is 0 Å². The molecule has 1 fully saturated rings. The molecule has 4 unspecified atom stereocenters. The molecule has 5 atom stereocenters. The van der Waals surface area contributed by atoms with Gasteiger partial charge in [0.2, 0.25) is 0 Å². The Morgan fingerprint density at radius 1 is 0.786 bits per heavy atom. The summed E-state index contributed by atoms with van der Waals surface area (Å²) in [6.07, 6.45) is 0. The minimum Gasteiger partial charge on any atom is -0.340 e. The van der Waals surface area contributed by atoms with Gasteiger partial charge in [-0.05, 0) is 36.3 Å². The van der Waals surface area contributed by atoms with Gasteiger partial charge in [-0.15, -0.1) is 0 Å². The molecular weight excluding hydrogens is 186 g/mol. The first-order valence-corrected chi connectivity index (χ1v) is 9.09. The fourth-order valence-corrected chi connectivity index (χ4v) is 7.14. The zero-order valence-corrected chi connectivity index (χ0v) is 11.9. The summed E-state index contributed by atoms with van der Waals surface area (Å²) in [6.45, 7) is 14.8. The van der Waals surface area contributed by atoms with E-state index in [4.69, 9.17) is 0 Å². The van der Waals surface area contributed by atoms with E-state index in [1.165, 1.54) is 0 Å². The average Bonchev–Trinajstić information content (AvgIpc) is 2.31. The van der Waals surface area contributed by atoms with Crippen molar-refractivity contribution in [1.29, 1.82) is 0 Å². The molecule has 14 heavy (non-hydrogen) atoms. The van der Waals surface area contributed by atoms with Crippen molar-refractivity contribution in [3.05, 3.63) is 0 Å². The molecule has 1 saturated carbocycles. The van der Waals surface area contributed by atoms with Crippen LogP contribution in [-0.2, 0) is 0 Å². The largest absolute Gasteiger partial charge is 0.340 e. The lowest BCUT2D eigenvalue weighted by molar-refractivity contribution is 0.352. The molecule has 0 aliphatic heterocycles. The van der Waals surface area contributed by atoms with Crippen molar-refractivity contribution < 1.29 is 0 Å². The van der Waals surface area contributed by atoms with Crippen LogP contribution in [0.2, 0.25) is 18.6 Å². The second kappa shape index (κ2) is 3.97. The van der Waals surface area contributed by atoms with E-state index in [2.05, 4.69) is 52.8 Å². The van der Waals surface area contributed by atoms with Crippen LogP contribution >= 0.6 is 0 Å². The first-order valence-electron chi connectivity index (χ1n) is 6.01. The Kier molecular flexibility index (Phi) is 3.48. The third kappa shape index (κ3) is 1.79. The summed E-state index contributed by atoms with van der Waals surface area (Å²) in [5.41, 5.74) is 0.942.